The lowest BCUT2D eigenvalue weighted by Gasteiger charge is -2.28. The third-order valence-electron chi connectivity index (χ3n) is 3.68. The van der Waals surface area contributed by atoms with Gasteiger partial charge < -0.3 is 9.47 Å². The standard InChI is InChI=1S/C13H16F3N3O2/c1-2-9-10(20)12(21)19(11(9)13(14,15)16)6-3-5-18-7-4-17-8-18/h4,7-9,11H,2-3,5-6H2,1H3. The van der Waals surface area contributed by atoms with Gasteiger partial charge in [-0.3, -0.25) is 9.59 Å². The number of alkyl halides is 3. The van der Waals surface area contributed by atoms with Gasteiger partial charge in [0.1, 0.15) is 6.04 Å². The summed E-state index contributed by atoms with van der Waals surface area (Å²) < 4.78 is 41.1. The number of aryl methyl sites for hydroxylation is 1. The molecule has 1 aromatic heterocycles. The summed E-state index contributed by atoms with van der Waals surface area (Å²) in [6, 6.07) is -2.00. The zero-order valence-electron chi connectivity index (χ0n) is 11.5. The zero-order valence-corrected chi connectivity index (χ0v) is 11.5. The Morgan fingerprint density at radius 2 is 2.00 bits per heavy atom. The van der Waals surface area contributed by atoms with Gasteiger partial charge >= 0.3 is 6.18 Å². The highest BCUT2D eigenvalue weighted by molar-refractivity contribution is 6.39. The minimum absolute atomic E-state index is 0.00672. The molecule has 5 nitrogen and oxygen atoms in total. The molecule has 21 heavy (non-hydrogen) atoms. The van der Waals surface area contributed by atoms with Crippen molar-refractivity contribution in [2.75, 3.05) is 6.54 Å². The molecule has 1 aliphatic heterocycles. The van der Waals surface area contributed by atoms with Gasteiger partial charge in [0.15, 0.2) is 0 Å². The number of halogens is 3. The quantitative estimate of drug-likeness (QED) is 0.777. The van der Waals surface area contributed by atoms with Gasteiger partial charge in [0, 0.05) is 25.5 Å². The van der Waals surface area contributed by atoms with Crippen molar-refractivity contribution in [3.8, 4) is 0 Å². The van der Waals surface area contributed by atoms with Crippen molar-refractivity contribution >= 4 is 11.7 Å². The predicted octanol–water partition coefficient (Wildman–Crippen LogP) is 1.64. The molecule has 2 unspecified atom stereocenters. The highest BCUT2D eigenvalue weighted by Gasteiger charge is 2.58. The Morgan fingerprint density at radius 1 is 1.29 bits per heavy atom. The summed E-state index contributed by atoms with van der Waals surface area (Å²) in [6.45, 7) is 1.84. The van der Waals surface area contributed by atoms with Gasteiger partial charge in [0.2, 0.25) is 5.78 Å². The summed E-state index contributed by atoms with van der Waals surface area (Å²) in [5, 5.41) is 0. The molecular weight excluding hydrogens is 287 g/mol. The maximum Gasteiger partial charge on any atom is 0.409 e. The van der Waals surface area contributed by atoms with E-state index in [0.29, 0.717) is 17.9 Å². The number of imidazole rings is 1. The Kier molecular flexibility index (Phi) is 4.34. The van der Waals surface area contributed by atoms with Crippen molar-refractivity contribution in [1.29, 1.82) is 0 Å². The molecule has 1 aromatic rings. The SMILES string of the molecule is CCC1C(=O)C(=O)N(CCCn2ccnc2)C1C(F)(F)F. The summed E-state index contributed by atoms with van der Waals surface area (Å²) >= 11 is 0. The van der Waals surface area contributed by atoms with Crippen LogP contribution in [0.3, 0.4) is 0 Å². The van der Waals surface area contributed by atoms with Crippen molar-refractivity contribution in [3.63, 3.8) is 0 Å². The molecule has 1 aliphatic rings. The molecule has 0 radical (unpaired) electrons. The van der Waals surface area contributed by atoms with Gasteiger partial charge in [-0.15, -0.1) is 0 Å². The van der Waals surface area contributed by atoms with Gasteiger partial charge in [-0.05, 0) is 12.8 Å². The number of nitrogens with zero attached hydrogens (tertiary/aromatic N) is 3. The van der Waals surface area contributed by atoms with Crippen molar-refractivity contribution in [1.82, 2.24) is 14.5 Å². The second-order valence-electron chi connectivity index (χ2n) is 5.02. The Balaban J connectivity index is 2.07. The molecule has 116 valence electrons. The topological polar surface area (TPSA) is 55.2 Å². The van der Waals surface area contributed by atoms with Crippen LogP contribution < -0.4 is 0 Å². The van der Waals surface area contributed by atoms with Crippen LogP contribution >= 0.6 is 0 Å². The molecule has 8 heteroatoms. The smallest absolute Gasteiger partial charge is 0.337 e. The molecule has 1 saturated heterocycles. The third kappa shape index (κ3) is 3.08. The van der Waals surface area contributed by atoms with E-state index in [0.717, 1.165) is 0 Å². The number of carbonyl (C=O) groups is 2. The highest BCUT2D eigenvalue weighted by Crippen LogP contribution is 2.37. The normalized spacial score (nSPS) is 23.1. The minimum atomic E-state index is -4.59. The summed E-state index contributed by atoms with van der Waals surface area (Å²) in [5.41, 5.74) is 0. The predicted molar refractivity (Wildman–Crippen MR) is 67.2 cm³/mol. The van der Waals surface area contributed by atoms with E-state index in [2.05, 4.69) is 4.98 Å². The largest absolute Gasteiger partial charge is 0.409 e. The number of aromatic nitrogens is 2. The van der Waals surface area contributed by atoms with Gasteiger partial charge in [0.05, 0.1) is 12.2 Å². The van der Waals surface area contributed by atoms with Crippen molar-refractivity contribution < 1.29 is 22.8 Å². The molecule has 0 saturated carbocycles. The minimum Gasteiger partial charge on any atom is -0.337 e. The first-order valence-corrected chi connectivity index (χ1v) is 6.73. The third-order valence-corrected chi connectivity index (χ3v) is 3.68. The molecule has 1 fully saturated rings. The second kappa shape index (κ2) is 5.87. The Morgan fingerprint density at radius 3 is 2.52 bits per heavy atom. The number of hydrogen-bond acceptors (Lipinski definition) is 3. The Labute approximate surface area is 119 Å². The van der Waals surface area contributed by atoms with Crippen LogP contribution in [-0.4, -0.2) is 44.9 Å². The van der Waals surface area contributed by atoms with Crippen molar-refractivity contribution in [2.24, 2.45) is 5.92 Å². The number of amides is 1. The van der Waals surface area contributed by atoms with E-state index in [4.69, 9.17) is 0 Å². The maximum absolute atomic E-state index is 13.1. The monoisotopic (exact) mass is 303 g/mol. The molecular formula is C13H16F3N3O2. The van der Waals surface area contributed by atoms with Gasteiger partial charge in [0.25, 0.3) is 5.91 Å². The number of hydrogen-bond donors (Lipinski definition) is 0. The van der Waals surface area contributed by atoms with E-state index in [1.165, 1.54) is 6.92 Å². The number of ketones is 1. The van der Waals surface area contributed by atoms with Crippen LogP contribution in [0.1, 0.15) is 19.8 Å². The Hall–Kier alpha value is -1.86. The van der Waals surface area contributed by atoms with Crippen LogP contribution in [0, 0.1) is 5.92 Å². The first-order valence-electron chi connectivity index (χ1n) is 6.73. The van der Waals surface area contributed by atoms with Gasteiger partial charge in [-0.1, -0.05) is 6.92 Å². The fourth-order valence-corrected chi connectivity index (χ4v) is 2.68. The average molecular weight is 303 g/mol. The number of rotatable bonds is 5. The molecule has 0 aliphatic carbocycles. The van der Waals surface area contributed by atoms with E-state index >= 15 is 0 Å². The van der Waals surface area contributed by atoms with Crippen LogP contribution in [0.25, 0.3) is 0 Å². The molecule has 0 N–H and O–H groups in total. The van der Waals surface area contributed by atoms with Crippen molar-refractivity contribution in [2.45, 2.75) is 38.5 Å². The van der Waals surface area contributed by atoms with Crippen LogP contribution in [0.2, 0.25) is 0 Å². The van der Waals surface area contributed by atoms with Gasteiger partial charge in [-0.2, -0.15) is 13.2 Å². The Bertz CT molecular complexity index is 513. The molecule has 2 atom stereocenters. The van der Waals surface area contributed by atoms with Crippen LogP contribution in [0.5, 0.6) is 0 Å². The zero-order chi connectivity index (χ0) is 15.6. The molecule has 0 spiro atoms. The number of carbonyl (C=O) groups excluding carboxylic acids is 2. The van der Waals surface area contributed by atoms with E-state index < -0.39 is 29.8 Å². The van der Waals surface area contributed by atoms with Crippen LogP contribution in [-0.2, 0) is 16.1 Å². The van der Waals surface area contributed by atoms with Crippen LogP contribution in [0.15, 0.2) is 18.7 Å². The van der Waals surface area contributed by atoms with Gasteiger partial charge in [-0.25, -0.2) is 4.98 Å². The molecule has 0 bridgehead atoms. The second-order valence-corrected chi connectivity index (χ2v) is 5.02. The molecule has 2 heterocycles. The van der Waals surface area contributed by atoms with Crippen molar-refractivity contribution in [3.05, 3.63) is 18.7 Å². The molecule has 1 amide bonds. The average Bonchev–Trinajstić information content (AvgIpc) is 2.99. The lowest BCUT2D eigenvalue weighted by atomic mass is 9.96. The summed E-state index contributed by atoms with van der Waals surface area (Å²) in [7, 11) is 0. The number of likely N-dealkylation sites (tertiary alicyclic amines) is 1. The van der Waals surface area contributed by atoms with Crippen LogP contribution in [0.4, 0.5) is 13.2 Å². The van der Waals surface area contributed by atoms with E-state index in [9.17, 15) is 22.8 Å². The molecule has 0 aromatic carbocycles. The fourth-order valence-electron chi connectivity index (χ4n) is 2.68. The lowest BCUT2D eigenvalue weighted by Crippen LogP contribution is -2.46. The number of Topliss-reactive ketones (excluding diaryl/α,β-unsaturated/α-hetero) is 1. The lowest BCUT2D eigenvalue weighted by molar-refractivity contribution is -0.189. The fraction of sp³-hybridized carbons (Fsp3) is 0.615. The summed E-state index contributed by atoms with van der Waals surface area (Å²) in [6.07, 6.45) is 0.554. The van der Waals surface area contributed by atoms with E-state index in [-0.39, 0.29) is 13.0 Å². The summed E-state index contributed by atoms with van der Waals surface area (Å²) in [4.78, 5) is 28.0. The maximum atomic E-state index is 13.1. The molecule has 2 rings (SSSR count). The first-order chi connectivity index (χ1) is 9.86. The van der Waals surface area contributed by atoms with E-state index in [1.807, 2.05) is 0 Å². The summed E-state index contributed by atoms with van der Waals surface area (Å²) in [5.74, 6) is -3.23. The highest BCUT2D eigenvalue weighted by atomic mass is 19.4. The van der Waals surface area contributed by atoms with E-state index in [1.54, 1.807) is 23.3 Å². The first kappa shape index (κ1) is 15.5.